The number of nitrogens with zero attached hydrogens (tertiary/aromatic N) is 5. The molecule has 3 heterocycles. The lowest BCUT2D eigenvalue weighted by Gasteiger charge is -2.40. The van der Waals surface area contributed by atoms with Gasteiger partial charge in [0.1, 0.15) is 11.5 Å². The fraction of sp³-hybridized carbons (Fsp3) is 0.381. The first-order chi connectivity index (χ1) is 15.0. The van der Waals surface area contributed by atoms with Gasteiger partial charge in [0.2, 0.25) is 5.76 Å². The molecule has 0 bridgehead atoms. The molecule has 3 aromatic rings. The van der Waals surface area contributed by atoms with E-state index in [9.17, 15) is 14.0 Å². The lowest BCUT2D eigenvalue weighted by Crippen LogP contribution is -2.55. The van der Waals surface area contributed by atoms with Gasteiger partial charge in [0.05, 0.1) is 11.7 Å². The lowest BCUT2D eigenvalue weighted by molar-refractivity contribution is 0.0416. The van der Waals surface area contributed by atoms with Gasteiger partial charge in [0.25, 0.3) is 11.8 Å². The van der Waals surface area contributed by atoms with E-state index >= 15 is 0 Å². The number of aromatic nitrogens is 4. The van der Waals surface area contributed by atoms with E-state index in [0.717, 1.165) is 12.1 Å². The zero-order valence-electron chi connectivity index (χ0n) is 17.3. The Morgan fingerprint density at radius 1 is 1.26 bits per heavy atom. The maximum Gasteiger partial charge on any atom is 0.292 e. The second-order valence-corrected chi connectivity index (χ2v) is 7.29. The number of hydrogen-bond acceptors (Lipinski definition) is 6. The Hall–Kier alpha value is -3.56. The van der Waals surface area contributed by atoms with Gasteiger partial charge in [-0.25, -0.2) is 9.07 Å². The summed E-state index contributed by atoms with van der Waals surface area (Å²) in [5, 5.41) is 14.8. The maximum atomic E-state index is 13.1. The molecular formula is C21H23FN6O3. The Labute approximate surface area is 178 Å². The highest BCUT2D eigenvalue weighted by molar-refractivity contribution is 5.94. The summed E-state index contributed by atoms with van der Waals surface area (Å²) in [5.74, 6) is -0.835. The molecule has 1 unspecified atom stereocenters. The van der Waals surface area contributed by atoms with E-state index in [1.54, 1.807) is 27.8 Å². The topological polar surface area (TPSA) is 106 Å². The van der Waals surface area contributed by atoms with Crippen LogP contribution < -0.4 is 5.32 Å². The lowest BCUT2D eigenvalue weighted by atomic mass is 10.0. The van der Waals surface area contributed by atoms with Gasteiger partial charge < -0.3 is 14.7 Å². The second kappa shape index (κ2) is 8.66. The quantitative estimate of drug-likeness (QED) is 0.621. The molecule has 0 aliphatic carbocycles. The molecule has 1 aliphatic heterocycles. The maximum absolute atomic E-state index is 13.1. The Kier molecular flexibility index (Phi) is 5.79. The number of rotatable bonds is 7. The van der Waals surface area contributed by atoms with Crippen LogP contribution in [0.1, 0.15) is 47.0 Å². The highest BCUT2D eigenvalue weighted by Gasteiger charge is 2.35. The summed E-state index contributed by atoms with van der Waals surface area (Å²) in [6.07, 6.45) is 1.42. The van der Waals surface area contributed by atoms with Crippen LogP contribution >= 0.6 is 0 Å². The van der Waals surface area contributed by atoms with Crippen molar-refractivity contribution in [2.45, 2.75) is 39.3 Å². The predicted molar refractivity (Wildman–Crippen MR) is 109 cm³/mol. The zero-order chi connectivity index (χ0) is 22.0. The highest BCUT2D eigenvalue weighted by Crippen LogP contribution is 2.24. The minimum atomic E-state index is -0.350. The van der Waals surface area contributed by atoms with Gasteiger partial charge in [-0.05, 0) is 44.0 Å². The van der Waals surface area contributed by atoms with Crippen molar-refractivity contribution in [3.63, 3.8) is 0 Å². The SMILES string of the molecule is CCc1c(C(=O)NCC2CCN2C(=O)c2cc(-c3ccc(F)cc3)no2)nnn1CC. The molecule has 1 atom stereocenters. The first-order valence-electron chi connectivity index (χ1n) is 10.3. The van der Waals surface area contributed by atoms with E-state index in [4.69, 9.17) is 4.52 Å². The van der Waals surface area contributed by atoms with Gasteiger partial charge in [-0.3, -0.25) is 9.59 Å². The summed E-state index contributed by atoms with van der Waals surface area (Å²) < 4.78 is 20.0. The molecule has 10 heteroatoms. The molecule has 162 valence electrons. The van der Waals surface area contributed by atoms with Crippen molar-refractivity contribution in [3.8, 4) is 11.3 Å². The molecule has 2 aromatic heterocycles. The molecule has 31 heavy (non-hydrogen) atoms. The van der Waals surface area contributed by atoms with Gasteiger partial charge in [0, 0.05) is 31.3 Å². The number of hydrogen-bond donors (Lipinski definition) is 1. The van der Waals surface area contributed by atoms with Crippen molar-refractivity contribution in [1.82, 2.24) is 30.4 Å². The number of nitrogens with one attached hydrogen (secondary N) is 1. The monoisotopic (exact) mass is 426 g/mol. The number of aryl methyl sites for hydroxylation is 1. The number of halogens is 1. The van der Waals surface area contributed by atoms with Crippen LogP contribution in [0.2, 0.25) is 0 Å². The Morgan fingerprint density at radius 3 is 2.68 bits per heavy atom. The molecule has 1 N–H and O–H groups in total. The summed E-state index contributed by atoms with van der Waals surface area (Å²) >= 11 is 0. The van der Waals surface area contributed by atoms with E-state index in [0.29, 0.717) is 43.0 Å². The number of benzene rings is 1. The summed E-state index contributed by atoms with van der Waals surface area (Å²) in [6.45, 7) is 5.42. The molecule has 0 spiro atoms. The van der Waals surface area contributed by atoms with E-state index in [2.05, 4.69) is 20.8 Å². The largest absolute Gasteiger partial charge is 0.350 e. The van der Waals surface area contributed by atoms with Crippen LogP contribution in [0.15, 0.2) is 34.9 Å². The Bertz CT molecular complexity index is 1090. The van der Waals surface area contributed by atoms with Crippen LogP contribution in [0.5, 0.6) is 0 Å². The zero-order valence-corrected chi connectivity index (χ0v) is 17.3. The third kappa shape index (κ3) is 4.05. The van der Waals surface area contributed by atoms with Crippen LogP contribution in [0.3, 0.4) is 0 Å². The van der Waals surface area contributed by atoms with E-state index in [-0.39, 0.29) is 29.4 Å². The third-order valence-electron chi connectivity index (χ3n) is 5.45. The molecule has 0 saturated carbocycles. The fourth-order valence-corrected chi connectivity index (χ4v) is 3.60. The van der Waals surface area contributed by atoms with Crippen LogP contribution in [0.25, 0.3) is 11.3 Å². The molecule has 4 rings (SSSR count). The number of likely N-dealkylation sites (tertiary alicyclic amines) is 1. The first kappa shape index (κ1) is 20.7. The fourth-order valence-electron chi connectivity index (χ4n) is 3.60. The minimum Gasteiger partial charge on any atom is -0.350 e. The normalized spacial score (nSPS) is 15.6. The van der Waals surface area contributed by atoms with Crippen LogP contribution in [0.4, 0.5) is 4.39 Å². The summed E-state index contributed by atoms with van der Waals surface area (Å²) in [7, 11) is 0. The first-order valence-corrected chi connectivity index (χ1v) is 10.3. The van der Waals surface area contributed by atoms with Gasteiger partial charge >= 0.3 is 0 Å². The number of amides is 2. The van der Waals surface area contributed by atoms with E-state index in [1.807, 2.05) is 13.8 Å². The molecule has 1 saturated heterocycles. The standard InChI is InChI=1S/C21H23FN6O3/c1-3-17-19(24-26-28(17)4-2)20(29)23-12-15-9-10-27(15)21(30)18-11-16(25-31-18)13-5-7-14(22)8-6-13/h5-8,11,15H,3-4,9-10,12H2,1-2H3,(H,23,29). The van der Waals surface area contributed by atoms with Crippen molar-refractivity contribution >= 4 is 11.8 Å². The molecule has 0 radical (unpaired) electrons. The van der Waals surface area contributed by atoms with Crippen molar-refractivity contribution < 1.29 is 18.5 Å². The summed E-state index contributed by atoms with van der Waals surface area (Å²) in [5.41, 5.74) is 2.22. The molecule has 9 nitrogen and oxygen atoms in total. The third-order valence-corrected chi connectivity index (χ3v) is 5.45. The molecule has 2 amide bonds. The van der Waals surface area contributed by atoms with Gasteiger partial charge in [0.15, 0.2) is 5.69 Å². The van der Waals surface area contributed by atoms with E-state index in [1.165, 1.54) is 12.1 Å². The average molecular weight is 426 g/mol. The second-order valence-electron chi connectivity index (χ2n) is 7.29. The number of carbonyl (C=O) groups is 2. The Morgan fingerprint density at radius 2 is 2.03 bits per heavy atom. The highest BCUT2D eigenvalue weighted by atomic mass is 19.1. The average Bonchev–Trinajstić information content (AvgIpc) is 3.40. The van der Waals surface area contributed by atoms with Crippen LogP contribution in [-0.2, 0) is 13.0 Å². The van der Waals surface area contributed by atoms with Crippen molar-refractivity contribution in [3.05, 3.63) is 53.3 Å². The minimum absolute atomic E-state index is 0.106. The Balaban J connectivity index is 1.37. The van der Waals surface area contributed by atoms with Crippen molar-refractivity contribution in [2.75, 3.05) is 13.1 Å². The van der Waals surface area contributed by atoms with Gasteiger partial charge in [-0.15, -0.1) is 5.10 Å². The van der Waals surface area contributed by atoms with Crippen LogP contribution in [0, 0.1) is 5.82 Å². The van der Waals surface area contributed by atoms with Crippen molar-refractivity contribution in [2.24, 2.45) is 0 Å². The molecule has 1 aliphatic rings. The predicted octanol–water partition coefficient (Wildman–Crippen LogP) is 2.30. The summed E-state index contributed by atoms with van der Waals surface area (Å²) in [4.78, 5) is 27.0. The van der Waals surface area contributed by atoms with E-state index < -0.39 is 0 Å². The summed E-state index contributed by atoms with van der Waals surface area (Å²) in [6, 6.07) is 7.19. The van der Waals surface area contributed by atoms with Crippen LogP contribution in [-0.4, -0.2) is 56.0 Å². The molecule has 1 aromatic carbocycles. The number of carbonyl (C=O) groups excluding carboxylic acids is 2. The molecule has 1 fully saturated rings. The van der Waals surface area contributed by atoms with Gasteiger partial charge in [-0.2, -0.15) is 0 Å². The molecular weight excluding hydrogens is 403 g/mol. The van der Waals surface area contributed by atoms with Gasteiger partial charge in [-0.1, -0.05) is 17.3 Å². The smallest absolute Gasteiger partial charge is 0.292 e. The van der Waals surface area contributed by atoms with Crippen molar-refractivity contribution in [1.29, 1.82) is 0 Å².